The molecule has 0 N–H and O–H groups in total. The number of carbonyl (C=O) groups is 1. The van der Waals surface area contributed by atoms with Gasteiger partial charge in [-0.25, -0.2) is 0 Å². The largest absolute Gasteiger partial charge is 0.489 e. The van der Waals surface area contributed by atoms with Gasteiger partial charge in [0.05, 0.1) is 13.0 Å². The van der Waals surface area contributed by atoms with Crippen LogP contribution in [0.4, 0.5) is 0 Å². The van der Waals surface area contributed by atoms with E-state index in [1.165, 1.54) is 0 Å². The summed E-state index contributed by atoms with van der Waals surface area (Å²) in [6.45, 7) is 1.03. The Morgan fingerprint density at radius 2 is 1.81 bits per heavy atom. The van der Waals surface area contributed by atoms with Crippen LogP contribution in [0.3, 0.4) is 0 Å². The lowest BCUT2D eigenvalue weighted by molar-refractivity contribution is -0.147. The molecule has 3 nitrogen and oxygen atoms in total. The fraction of sp³-hybridized carbons (Fsp3) is 0.278. The molecule has 1 atom stereocenters. The predicted molar refractivity (Wildman–Crippen MR) is 80.2 cm³/mol. The standard InChI is InChI=1S/C18H18O3/c19-18-12-15(10-11-20-18)16-8-4-5-9-17(16)21-13-14-6-2-1-3-7-14/h1-9,15H,10-13H2. The Hall–Kier alpha value is -2.29. The number of carbonyl (C=O) groups excluding carboxylic acids is 1. The second kappa shape index (κ2) is 6.44. The van der Waals surface area contributed by atoms with Crippen LogP contribution in [0.2, 0.25) is 0 Å². The maximum Gasteiger partial charge on any atom is 0.306 e. The fourth-order valence-electron chi connectivity index (χ4n) is 2.63. The molecular weight excluding hydrogens is 264 g/mol. The van der Waals surface area contributed by atoms with Crippen LogP contribution < -0.4 is 4.74 Å². The van der Waals surface area contributed by atoms with Crippen LogP contribution in [-0.4, -0.2) is 12.6 Å². The summed E-state index contributed by atoms with van der Waals surface area (Å²) in [5, 5.41) is 0. The highest BCUT2D eigenvalue weighted by Gasteiger charge is 2.24. The molecule has 108 valence electrons. The lowest BCUT2D eigenvalue weighted by atomic mass is 9.91. The Labute approximate surface area is 124 Å². The number of hydrogen-bond donors (Lipinski definition) is 0. The van der Waals surface area contributed by atoms with Crippen molar-refractivity contribution in [1.82, 2.24) is 0 Å². The zero-order valence-electron chi connectivity index (χ0n) is 11.8. The van der Waals surface area contributed by atoms with Crippen LogP contribution in [0.5, 0.6) is 5.75 Å². The summed E-state index contributed by atoms with van der Waals surface area (Å²) in [4.78, 5) is 11.5. The molecule has 0 amide bonds. The minimum Gasteiger partial charge on any atom is -0.489 e. The maximum atomic E-state index is 11.5. The van der Waals surface area contributed by atoms with Crippen molar-refractivity contribution in [2.24, 2.45) is 0 Å². The highest BCUT2D eigenvalue weighted by atomic mass is 16.5. The molecule has 0 aromatic heterocycles. The zero-order chi connectivity index (χ0) is 14.5. The number of rotatable bonds is 4. The number of benzene rings is 2. The van der Waals surface area contributed by atoms with E-state index in [-0.39, 0.29) is 11.9 Å². The van der Waals surface area contributed by atoms with E-state index in [0.717, 1.165) is 23.3 Å². The van der Waals surface area contributed by atoms with Gasteiger partial charge in [0.2, 0.25) is 0 Å². The fourth-order valence-corrected chi connectivity index (χ4v) is 2.63. The monoisotopic (exact) mass is 282 g/mol. The minimum absolute atomic E-state index is 0.121. The van der Waals surface area contributed by atoms with Crippen LogP contribution in [0.25, 0.3) is 0 Å². The topological polar surface area (TPSA) is 35.5 Å². The van der Waals surface area contributed by atoms with E-state index >= 15 is 0 Å². The maximum absolute atomic E-state index is 11.5. The van der Waals surface area contributed by atoms with Crippen molar-refractivity contribution in [1.29, 1.82) is 0 Å². The number of ether oxygens (including phenoxy) is 2. The normalized spacial score (nSPS) is 18.1. The van der Waals surface area contributed by atoms with Crippen LogP contribution >= 0.6 is 0 Å². The molecule has 1 heterocycles. The summed E-state index contributed by atoms with van der Waals surface area (Å²) in [6.07, 6.45) is 1.29. The molecular formula is C18H18O3. The third-order valence-corrected chi connectivity index (χ3v) is 3.74. The molecule has 0 radical (unpaired) electrons. The molecule has 3 rings (SSSR count). The Kier molecular flexibility index (Phi) is 4.20. The van der Waals surface area contributed by atoms with Gasteiger partial charge in [-0.05, 0) is 23.6 Å². The lowest BCUT2D eigenvalue weighted by Crippen LogP contribution is -2.20. The van der Waals surface area contributed by atoms with E-state index in [2.05, 4.69) is 0 Å². The van der Waals surface area contributed by atoms with Gasteiger partial charge in [-0.3, -0.25) is 4.79 Å². The molecule has 2 aromatic carbocycles. The molecule has 21 heavy (non-hydrogen) atoms. The Bertz CT molecular complexity index is 607. The summed E-state index contributed by atoms with van der Waals surface area (Å²) in [6, 6.07) is 18.0. The van der Waals surface area contributed by atoms with E-state index < -0.39 is 0 Å². The van der Waals surface area contributed by atoms with E-state index in [9.17, 15) is 4.79 Å². The molecule has 1 fully saturated rings. The third-order valence-electron chi connectivity index (χ3n) is 3.74. The molecule has 1 unspecified atom stereocenters. The van der Waals surface area contributed by atoms with Crippen molar-refractivity contribution in [3.8, 4) is 5.75 Å². The van der Waals surface area contributed by atoms with Crippen molar-refractivity contribution >= 4 is 5.97 Å². The Morgan fingerprint density at radius 1 is 1.05 bits per heavy atom. The van der Waals surface area contributed by atoms with Gasteiger partial charge < -0.3 is 9.47 Å². The van der Waals surface area contributed by atoms with Gasteiger partial charge in [0.1, 0.15) is 12.4 Å². The first-order valence-electron chi connectivity index (χ1n) is 7.24. The van der Waals surface area contributed by atoms with Crippen molar-refractivity contribution in [3.05, 3.63) is 65.7 Å². The van der Waals surface area contributed by atoms with Gasteiger partial charge in [-0.2, -0.15) is 0 Å². The van der Waals surface area contributed by atoms with Gasteiger partial charge in [0, 0.05) is 5.92 Å². The quantitative estimate of drug-likeness (QED) is 0.802. The van der Waals surface area contributed by atoms with Crippen molar-refractivity contribution in [2.45, 2.75) is 25.4 Å². The van der Waals surface area contributed by atoms with Crippen molar-refractivity contribution in [3.63, 3.8) is 0 Å². The van der Waals surface area contributed by atoms with Gasteiger partial charge >= 0.3 is 5.97 Å². The predicted octanol–water partition coefficient (Wildman–Crippen LogP) is 3.69. The molecule has 0 spiro atoms. The average molecular weight is 282 g/mol. The molecule has 0 bridgehead atoms. The Balaban J connectivity index is 1.74. The SMILES string of the molecule is O=C1CC(c2ccccc2OCc2ccccc2)CCO1. The number of hydrogen-bond acceptors (Lipinski definition) is 3. The molecule has 0 aliphatic carbocycles. The van der Waals surface area contributed by atoms with Crippen molar-refractivity contribution < 1.29 is 14.3 Å². The van der Waals surface area contributed by atoms with Gasteiger partial charge in [0.15, 0.2) is 0 Å². The molecule has 3 heteroatoms. The van der Waals surface area contributed by atoms with E-state index in [4.69, 9.17) is 9.47 Å². The second-order valence-electron chi connectivity index (χ2n) is 5.22. The molecule has 1 aliphatic rings. The minimum atomic E-state index is -0.121. The number of para-hydroxylation sites is 1. The van der Waals surface area contributed by atoms with E-state index in [0.29, 0.717) is 19.6 Å². The lowest BCUT2D eigenvalue weighted by Gasteiger charge is -2.23. The molecule has 2 aromatic rings. The van der Waals surface area contributed by atoms with Crippen molar-refractivity contribution in [2.75, 3.05) is 6.61 Å². The van der Waals surface area contributed by atoms with Gasteiger partial charge in [-0.1, -0.05) is 48.5 Å². The number of esters is 1. The van der Waals surface area contributed by atoms with Crippen LogP contribution in [0, 0.1) is 0 Å². The van der Waals surface area contributed by atoms with Crippen LogP contribution in [0.15, 0.2) is 54.6 Å². The summed E-state index contributed by atoms with van der Waals surface area (Å²) in [5.41, 5.74) is 2.24. The molecule has 0 saturated carbocycles. The second-order valence-corrected chi connectivity index (χ2v) is 5.22. The summed E-state index contributed by atoms with van der Waals surface area (Å²) < 4.78 is 11.0. The first-order valence-corrected chi connectivity index (χ1v) is 7.24. The third kappa shape index (κ3) is 3.43. The summed E-state index contributed by atoms with van der Waals surface area (Å²) >= 11 is 0. The highest BCUT2D eigenvalue weighted by molar-refractivity contribution is 5.71. The van der Waals surface area contributed by atoms with E-state index in [1.54, 1.807) is 0 Å². The summed E-state index contributed by atoms with van der Waals surface area (Å²) in [7, 11) is 0. The smallest absolute Gasteiger partial charge is 0.306 e. The molecule has 1 saturated heterocycles. The molecule has 1 aliphatic heterocycles. The van der Waals surface area contributed by atoms with Gasteiger partial charge in [-0.15, -0.1) is 0 Å². The highest BCUT2D eigenvalue weighted by Crippen LogP contribution is 2.34. The first-order chi connectivity index (χ1) is 10.3. The number of cyclic esters (lactones) is 1. The van der Waals surface area contributed by atoms with E-state index in [1.807, 2.05) is 54.6 Å². The Morgan fingerprint density at radius 3 is 2.62 bits per heavy atom. The van der Waals surface area contributed by atoms with Crippen LogP contribution in [0.1, 0.15) is 29.9 Å². The zero-order valence-corrected chi connectivity index (χ0v) is 11.8. The van der Waals surface area contributed by atoms with Gasteiger partial charge in [0.25, 0.3) is 0 Å². The average Bonchev–Trinajstić information content (AvgIpc) is 2.54. The summed E-state index contributed by atoms with van der Waals surface area (Å²) in [5.74, 6) is 0.934. The van der Waals surface area contributed by atoms with Crippen LogP contribution in [-0.2, 0) is 16.1 Å². The first kappa shape index (κ1) is 13.7.